The van der Waals surface area contributed by atoms with E-state index in [-0.39, 0.29) is 0 Å². The minimum atomic E-state index is 0.548. The van der Waals surface area contributed by atoms with Gasteiger partial charge in [0.25, 0.3) is 0 Å². The maximum atomic E-state index is 6.01. The fraction of sp³-hybridized carbons (Fsp3) is 0.118. The van der Waals surface area contributed by atoms with Gasteiger partial charge >= 0.3 is 0 Å². The fourth-order valence-corrected chi connectivity index (χ4v) is 2.16. The zero-order chi connectivity index (χ0) is 14.7. The first-order valence-electron chi connectivity index (χ1n) is 6.78. The number of rotatable bonds is 4. The molecule has 1 aromatic heterocycles. The maximum absolute atomic E-state index is 6.01. The Bertz CT molecular complexity index is 735. The molecule has 0 amide bonds. The van der Waals surface area contributed by atoms with E-state index in [0.29, 0.717) is 12.4 Å². The smallest absolute Gasteiger partial charge is 0.129 e. The first kappa shape index (κ1) is 13.2. The number of anilines is 1. The van der Waals surface area contributed by atoms with Crippen LogP contribution in [0.4, 0.5) is 5.82 Å². The molecule has 0 saturated heterocycles. The SMILES string of the molecule is Cn1ncc(-c2cccc(OCc3ccccc3)c2)c1N. The van der Waals surface area contributed by atoms with E-state index in [1.807, 2.05) is 61.6 Å². The Kier molecular flexibility index (Phi) is 3.60. The second kappa shape index (κ2) is 5.71. The zero-order valence-corrected chi connectivity index (χ0v) is 11.9. The lowest BCUT2D eigenvalue weighted by Crippen LogP contribution is -1.98. The maximum Gasteiger partial charge on any atom is 0.129 e. The second-order valence-corrected chi connectivity index (χ2v) is 4.87. The molecule has 0 saturated carbocycles. The summed E-state index contributed by atoms with van der Waals surface area (Å²) in [5.41, 5.74) is 9.08. The summed E-state index contributed by atoms with van der Waals surface area (Å²) in [7, 11) is 1.83. The van der Waals surface area contributed by atoms with Gasteiger partial charge in [-0.05, 0) is 23.3 Å². The molecule has 0 aliphatic carbocycles. The van der Waals surface area contributed by atoms with Crippen LogP contribution in [-0.2, 0) is 13.7 Å². The quantitative estimate of drug-likeness (QED) is 0.797. The Morgan fingerprint density at radius 1 is 1.10 bits per heavy atom. The zero-order valence-electron chi connectivity index (χ0n) is 11.9. The highest BCUT2D eigenvalue weighted by Crippen LogP contribution is 2.28. The van der Waals surface area contributed by atoms with E-state index >= 15 is 0 Å². The van der Waals surface area contributed by atoms with Crippen molar-refractivity contribution in [3.8, 4) is 16.9 Å². The van der Waals surface area contributed by atoms with E-state index in [1.54, 1.807) is 10.9 Å². The largest absolute Gasteiger partial charge is 0.489 e. The molecule has 3 rings (SSSR count). The highest BCUT2D eigenvalue weighted by Gasteiger charge is 2.08. The normalized spacial score (nSPS) is 10.5. The number of nitrogen functional groups attached to an aromatic ring is 1. The van der Waals surface area contributed by atoms with Crippen molar-refractivity contribution in [1.29, 1.82) is 0 Å². The third-order valence-corrected chi connectivity index (χ3v) is 3.38. The molecular formula is C17H17N3O. The predicted molar refractivity (Wildman–Crippen MR) is 83.8 cm³/mol. The monoisotopic (exact) mass is 279 g/mol. The predicted octanol–water partition coefficient (Wildman–Crippen LogP) is 3.25. The lowest BCUT2D eigenvalue weighted by Gasteiger charge is -2.08. The van der Waals surface area contributed by atoms with Gasteiger partial charge in [0.2, 0.25) is 0 Å². The Morgan fingerprint density at radius 3 is 2.62 bits per heavy atom. The summed E-state index contributed by atoms with van der Waals surface area (Å²) < 4.78 is 7.49. The van der Waals surface area contributed by atoms with Crippen LogP contribution in [-0.4, -0.2) is 9.78 Å². The van der Waals surface area contributed by atoms with Crippen LogP contribution in [0, 0.1) is 0 Å². The third-order valence-electron chi connectivity index (χ3n) is 3.38. The van der Waals surface area contributed by atoms with E-state index < -0.39 is 0 Å². The van der Waals surface area contributed by atoms with Crippen molar-refractivity contribution in [1.82, 2.24) is 9.78 Å². The van der Waals surface area contributed by atoms with E-state index in [4.69, 9.17) is 10.5 Å². The highest BCUT2D eigenvalue weighted by molar-refractivity contribution is 5.74. The van der Waals surface area contributed by atoms with Crippen LogP contribution in [0.5, 0.6) is 5.75 Å². The van der Waals surface area contributed by atoms with Crippen molar-refractivity contribution in [3.63, 3.8) is 0 Å². The van der Waals surface area contributed by atoms with Crippen LogP contribution in [0.3, 0.4) is 0 Å². The van der Waals surface area contributed by atoms with Gasteiger partial charge in [-0.1, -0.05) is 42.5 Å². The minimum absolute atomic E-state index is 0.548. The number of ether oxygens (including phenoxy) is 1. The molecule has 106 valence electrons. The summed E-state index contributed by atoms with van der Waals surface area (Å²) in [6.07, 6.45) is 1.77. The molecule has 0 fully saturated rings. The Morgan fingerprint density at radius 2 is 1.90 bits per heavy atom. The van der Waals surface area contributed by atoms with E-state index in [1.165, 1.54) is 0 Å². The summed E-state index contributed by atoms with van der Waals surface area (Å²) >= 11 is 0. The Labute approximate surface area is 123 Å². The summed E-state index contributed by atoms with van der Waals surface area (Å²) in [4.78, 5) is 0. The number of hydrogen-bond donors (Lipinski definition) is 1. The average molecular weight is 279 g/mol. The Balaban J connectivity index is 1.79. The van der Waals surface area contributed by atoms with Crippen molar-refractivity contribution in [2.75, 3.05) is 5.73 Å². The molecule has 4 nitrogen and oxygen atoms in total. The van der Waals surface area contributed by atoms with Crippen LogP contribution < -0.4 is 10.5 Å². The van der Waals surface area contributed by atoms with Gasteiger partial charge in [-0.2, -0.15) is 5.10 Å². The van der Waals surface area contributed by atoms with Gasteiger partial charge in [0.05, 0.1) is 6.20 Å². The molecule has 0 aliphatic heterocycles. The van der Waals surface area contributed by atoms with Gasteiger partial charge in [0.1, 0.15) is 18.2 Å². The lowest BCUT2D eigenvalue weighted by atomic mass is 10.1. The van der Waals surface area contributed by atoms with Crippen molar-refractivity contribution < 1.29 is 4.74 Å². The summed E-state index contributed by atoms with van der Waals surface area (Å²) in [6.45, 7) is 0.548. The first-order valence-corrected chi connectivity index (χ1v) is 6.78. The number of aryl methyl sites for hydroxylation is 1. The summed E-state index contributed by atoms with van der Waals surface area (Å²) in [5.74, 6) is 1.47. The molecule has 0 spiro atoms. The first-order chi connectivity index (χ1) is 10.2. The van der Waals surface area contributed by atoms with Crippen molar-refractivity contribution in [2.45, 2.75) is 6.61 Å². The summed E-state index contributed by atoms with van der Waals surface area (Å²) in [6, 6.07) is 18.0. The van der Waals surface area contributed by atoms with Crippen molar-refractivity contribution >= 4 is 5.82 Å². The van der Waals surface area contributed by atoms with Gasteiger partial charge in [-0.15, -0.1) is 0 Å². The van der Waals surface area contributed by atoms with Crippen LogP contribution in [0.25, 0.3) is 11.1 Å². The molecule has 0 unspecified atom stereocenters. The second-order valence-electron chi connectivity index (χ2n) is 4.87. The molecule has 1 heterocycles. The van der Waals surface area contributed by atoms with Gasteiger partial charge in [-0.3, -0.25) is 4.68 Å². The van der Waals surface area contributed by atoms with Gasteiger partial charge in [-0.25, -0.2) is 0 Å². The van der Waals surface area contributed by atoms with Crippen LogP contribution >= 0.6 is 0 Å². The number of nitrogens with zero attached hydrogens (tertiary/aromatic N) is 2. The molecule has 4 heteroatoms. The lowest BCUT2D eigenvalue weighted by molar-refractivity contribution is 0.306. The molecule has 2 aromatic carbocycles. The van der Waals surface area contributed by atoms with Crippen LogP contribution in [0.15, 0.2) is 60.8 Å². The third kappa shape index (κ3) is 2.89. The van der Waals surface area contributed by atoms with Crippen molar-refractivity contribution in [2.24, 2.45) is 7.05 Å². The standard InChI is InChI=1S/C17H17N3O/c1-20-17(18)16(11-19-20)14-8-5-9-15(10-14)21-12-13-6-3-2-4-7-13/h2-11H,12,18H2,1H3. The number of aromatic nitrogens is 2. The molecular weight excluding hydrogens is 262 g/mol. The van der Waals surface area contributed by atoms with Gasteiger partial charge in [0, 0.05) is 12.6 Å². The van der Waals surface area contributed by atoms with Gasteiger partial charge < -0.3 is 10.5 Å². The number of hydrogen-bond acceptors (Lipinski definition) is 3. The fourth-order valence-electron chi connectivity index (χ4n) is 2.16. The van der Waals surface area contributed by atoms with Gasteiger partial charge in [0.15, 0.2) is 0 Å². The van der Waals surface area contributed by atoms with E-state index in [0.717, 1.165) is 22.4 Å². The minimum Gasteiger partial charge on any atom is -0.489 e. The molecule has 0 atom stereocenters. The Hall–Kier alpha value is -2.75. The molecule has 0 radical (unpaired) electrons. The molecule has 3 aromatic rings. The van der Waals surface area contributed by atoms with Crippen molar-refractivity contribution in [3.05, 3.63) is 66.4 Å². The number of nitrogens with two attached hydrogens (primary N) is 1. The van der Waals surface area contributed by atoms with E-state index in [2.05, 4.69) is 5.10 Å². The van der Waals surface area contributed by atoms with Crippen LogP contribution in [0.1, 0.15) is 5.56 Å². The van der Waals surface area contributed by atoms with E-state index in [9.17, 15) is 0 Å². The number of benzene rings is 2. The summed E-state index contributed by atoms with van der Waals surface area (Å²) in [5, 5.41) is 4.17. The topological polar surface area (TPSA) is 53.1 Å². The molecule has 0 bridgehead atoms. The molecule has 0 aliphatic rings. The van der Waals surface area contributed by atoms with Crippen LogP contribution in [0.2, 0.25) is 0 Å². The molecule has 21 heavy (non-hydrogen) atoms. The molecule has 2 N–H and O–H groups in total. The highest BCUT2D eigenvalue weighted by atomic mass is 16.5. The average Bonchev–Trinajstić information content (AvgIpc) is 2.86.